The third-order valence-electron chi connectivity index (χ3n) is 5.27. The van der Waals surface area contributed by atoms with Crippen LogP contribution in [0.25, 0.3) is 6.08 Å². The molecule has 0 spiro atoms. The van der Waals surface area contributed by atoms with Crippen LogP contribution in [-0.2, 0) is 16.2 Å². The smallest absolute Gasteiger partial charge is 0.294 e. The number of imide groups is 1. The fourth-order valence-electron chi connectivity index (χ4n) is 3.56. The lowest BCUT2D eigenvalue weighted by Gasteiger charge is -2.18. The molecule has 2 aliphatic heterocycles. The number of carbonyl (C=O) groups excluding carboxylic acids is 3. The first-order valence-electron chi connectivity index (χ1n) is 10.2. The van der Waals surface area contributed by atoms with Gasteiger partial charge in [-0.25, -0.2) is 4.39 Å². The van der Waals surface area contributed by atoms with Gasteiger partial charge in [-0.05, 0) is 70.4 Å². The Balaban J connectivity index is 1.47. The molecule has 33 heavy (non-hydrogen) atoms. The summed E-state index contributed by atoms with van der Waals surface area (Å²) in [6.07, 6.45) is 3.41. The lowest BCUT2D eigenvalue weighted by molar-refractivity contribution is -0.135. The molecule has 0 unspecified atom stereocenters. The van der Waals surface area contributed by atoms with Crippen molar-refractivity contribution in [3.05, 3.63) is 67.7 Å². The molecule has 10 heteroatoms. The Morgan fingerprint density at radius 2 is 1.94 bits per heavy atom. The van der Waals surface area contributed by atoms with Crippen LogP contribution in [0.2, 0.25) is 5.02 Å². The van der Waals surface area contributed by atoms with Crippen LogP contribution in [0.4, 0.5) is 9.18 Å². The van der Waals surface area contributed by atoms with Crippen molar-refractivity contribution in [2.24, 2.45) is 0 Å². The Morgan fingerprint density at radius 3 is 2.64 bits per heavy atom. The number of benzene rings is 2. The van der Waals surface area contributed by atoms with Gasteiger partial charge in [-0.2, -0.15) is 0 Å². The summed E-state index contributed by atoms with van der Waals surface area (Å²) < 4.78 is 20.0. The van der Waals surface area contributed by atoms with Gasteiger partial charge in [0.25, 0.3) is 11.1 Å². The minimum atomic E-state index is -0.510. The van der Waals surface area contributed by atoms with Crippen molar-refractivity contribution >= 4 is 62.4 Å². The Labute approximate surface area is 207 Å². The second kappa shape index (κ2) is 10.3. The summed E-state index contributed by atoms with van der Waals surface area (Å²) in [5, 5.41) is -0.218. The third-order valence-corrected chi connectivity index (χ3v) is 7.05. The summed E-state index contributed by atoms with van der Waals surface area (Å²) in [4.78, 5) is 40.3. The third kappa shape index (κ3) is 5.42. The van der Waals surface area contributed by atoms with Gasteiger partial charge in [0.15, 0.2) is 5.75 Å². The van der Waals surface area contributed by atoms with Gasteiger partial charge in [0.05, 0.1) is 14.4 Å². The molecule has 0 atom stereocenters. The van der Waals surface area contributed by atoms with Crippen LogP contribution in [0.3, 0.4) is 0 Å². The largest absolute Gasteiger partial charge is 0.486 e. The van der Waals surface area contributed by atoms with Crippen molar-refractivity contribution in [3.63, 3.8) is 0 Å². The molecular weight excluding hydrogens is 535 g/mol. The normalized spacial score (nSPS) is 17.4. The summed E-state index contributed by atoms with van der Waals surface area (Å²) in [7, 11) is 0. The number of amides is 3. The first kappa shape index (κ1) is 23.8. The molecule has 3 amide bonds. The van der Waals surface area contributed by atoms with Crippen LogP contribution in [0, 0.1) is 5.82 Å². The zero-order chi connectivity index (χ0) is 23.5. The summed E-state index contributed by atoms with van der Waals surface area (Å²) in [6.45, 7) is 1.05. The molecule has 0 N–H and O–H groups in total. The van der Waals surface area contributed by atoms with Crippen molar-refractivity contribution in [1.29, 1.82) is 0 Å². The molecule has 0 radical (unpaired) electrons. The van der Waals surface area contributed by atoms with Crippen LogP contribution >= 0.6 is 39.3 Å². The van der Waals surface area contributed by atoms with E-state index in [1.807, 2.05) is 0 Å². The number of carbonyl (C=O) groups is 3. The molecule has 0 bridgehead atoms. The summed E-state index contributed by atoms with van der Waals surface area (Å²) in [6, 6.07) is 9.56. The maximum atomic E-state index is 13.8. The highest BCUT2D eigenvalue weighted by Gasteiger charge is 2.37. The van der Waals surface area contributed by atoms with Crippen molar-refractivity contribution in [3.8, 4) is 5.75 Å². The number of rotatable bonds is 6. The predicted molar refractivity (Wildman–Crippen MR) is 128 cm³/mol. The van der Waals surface area contributed by atoms with Gasteiger partial charge in [-0.15, -0.1) is 0 Å². The molecule has 0 saturated carbocycles. The maximum Gasteiger partial charge on any atom is 0.294 e. The molecule has 2 aliphatic rings. The lowest BCUT2D eigenvalue weighted by Crippen LogP contribution is -2.40. The quantitative estimate of drug-likeness (QED) is 0.443. The molecular formula is C23H19BrClFN2O4S. The minimum absolute atomic E-state index is 0.00568. The monoisotopic (exact) mass is 552 g/mol. The SMILES string of the molecule is O=C(CN1C(=O)S/C(=C/c2cc(Cl)c(OCc3ccccc3F)c(Br)c2)C1=O)N1CCCC1. The molecule has 6 nitrogen and oxygen atoms in total. The Kier molecular flexibility index (Phi) is 7.41. The van der Waals surface area contributed by atoms with Gasteiger partial charge in [-0.1, -0.05) is 29.8 Å². The van der Waals surface area contributed by atoms with Crippen LogP contribution in [0.15, 0.2) is 45.8 Å². The average Bonchev–Trinajstić information content (AvgIpc) is 3.39. The van der Waals surface area contributed by atoms with Crippen LogP contribution in [0.5, 0.6) is 5.75 Å². The van der Waals surface area contributed by atoms with Gasteiger partial charge in [0, 0.05) is 18.7 Å². The van der Waals surface area contributed by atoms with Crippen molar-refractivity contribution in [2.45, 2.75) is 19.4 Å². The number of nitrogens with zero attached hydrogens (tertiary/aromatic N) is 2. The highest BCUT2D eigenvalue weighted by molar-refractivity contribution is 9.10. The highest BCUT2D eigenvalue weighted by atomic mass is 79.9. The number of halogens is 3. The number of hydrogen-bond donors (Lipinski definition) is 0. The highest BCUT2D eigenvalue weighted by Crippen LogP contribution is 2.38. The van der Waals surface area contributed by atoms with E-state index in [0.717, 1.165) is 29.5 Å². The van der Waals surface area contributed by atoms with E-state index < -0.39 is 11.1 Å². The summed E-state index contributed by atoms with van der Waals surface area (Å²) >= 11 is 10.5. The Morgan fingerprint density at radius 1 is 1.21 bits per heavy atom. The number of likely N-dealkylation sites (tertiary alicyclic amines) is 1. The number of thioether (sulfide) groups is 1. The van der Waals surface area contributed by atoms with E-state index in [1.54, 1.807) is 41.3 Å². The zero-order valence-corrected chi connectivity index (χ0v) is 20.5. The fraction of sp³-hybridized carbons (Fsp3) is 0.261. The standard InChI is InChI=1S/C23H19BrClFN2O4S/c24-16-9-14(10-17(25)21(16)32-13-15-5-1-2-6-18(15)26)11-19-22(30)28(23(31)33-19)12-20(29)27-7-3-4-8-27/h1-2,5-6,9-11H,3-4,7-8,12-13H2/b19-11+. The van der Waals surface area contributed by atoms with Gasteiger partial charge < -0.3 is 9.64 Å². The van der Waals surface area contributed by atoms with E-state index in [-0.39, 0.29) is 34.8 Å². The van der Waals surface area contributed by atoms with Gasteiger partial charge in [-0.3, -0.25) is 19.3 Å². The molecule has 2 aromatic rings. The van der Waals surface area contributed by atoms with Crippen molar-refractivity contribution in [2.75, 3.05) is 19.6 Å². The Bertz CT molecular complexity index is 1130. The fourth-order valence-corrected chi connectivity index (χ4v) is 5.38. The molecule has 4 rings (SSSR count). The molecule has 2 aromatic carbocycles. The Hall–Kier alpha value is -2.36. The first-order valence-corrected chi connectivity index (χ1v) is 12.2. The van der Waals surface area contributed by atoms with Crippen LogP contribution < -0.4 is 4.74 Å². The summed E-state index contributed by atoms with van der Waals surface area (Å²) in [5.74, 6) is -0.774. The van der Waals surface area contributed by atoms with E-state index in [1.165, 1.54) is 6.07 Å². The second-order valence-corrected chi connectivity index (χ2v) is 9.80. The van der Waals surface area contributed by atoms with E-state index in [0.29, 0.717) is 34.4 Å². The topological polar surface area (TPSA) is 66.9 Å². The molecule has 0 aromatic heterocycles. The minimum Gasteiger partial charge on any atom is -0.486 e. The predicted octanol–water partition coefficient (Wildman–Crippen LogP) is 5.48. The molecule has 2 heterocycles. The lowest BCUT2D eigenvalue weighted by atomic mass is 10.2. The van der Waals surface area contributed by atoms with Crippen molar-refractivity contribution < 1.29 is 23.5 Å². The van der Waals surface area contributed by atoms with Gasteiger partial charge in [0.1, 0.15) is 19.0 Å². The van der Waals surface area contributed by atoms with Gasteiger partial charge in [0.2, 0.25) is 5.91 Å². The average molecular weight is 554 g/mol. The molecule has 2 saturated heterocycles. The number of ether oxygens (including phenoxy) is 1. The van der Waals surface area contributed by atoms with Crippen LogP contribution in [-0.4, -0.2) is 46.5 Å². The first-order chi connectivity index (χ1) is 15.8. The zero-order valence-electron chi connectivity index (χ0n) is 17.4. The van der Waals surface area contributed by atoms with Crippen LogP contribution in [0.1, 0.15) is 24.0 Å². The number of hydrogen-bond acceptors (Lipinski definition) is 5. The maximum absolute atomic E-state index is 13.8. The van der Waals surface area contributed by atoms with E-state index in [9.17, 15) is 18.8 Å². The van der Waals surface area contributed by atoms with Crippen molar-refractivity contribution in [1.82, 2.24) is 9.80 Å². The molecule has 2 fully saturated rings. The molecule has 0 aliphatic carbocycles. The van der Waals surface area contributed by atoms with E-state index in [4.69, 9.17) is 16.3 Å². The van der Waals surface area contributed by atoms with E-state index in [2.05, 4.69) is 15.9 Å². The molecule has 172 valence electrons. The van der Waals surface area contributed by atoms with Gasteiger partial charge >= 0.3 is 0 Å². The second-order valence-electron chi connectivity index (χ2n) is 7.55. The summed E-state index contributed by atoms with van der Waals surface area (Å²) in [5.41, 5.74) is 0.961. The van der Waals surface area contributed by atoms with E-state index >= 15 is 0 Å².